The molecule has 0 aromatic heterocycles. The Morgan fingerprint density at radius 2 is 2.13 bits per heavy atom. The molecule has 0 aromatic carbocycles. The van der Waals surface area contributed by atoms with Crippen molar-refractivity contribution in [3.8, 4) is 0 Å². The molecule has 0 heterocycles. The zero-order valence-corrected chi connectivity index (χ0v) is 11.5. The summed E-state index contributed by atoms with van der Waals surface area (Å²) in [6.07, 6.45) is 9.96. The van der Waals surface area contributed by atoms with Gasteiger partial charge in [0.05, 0.1) is 0 Å². The SMILES string of the molecule is CCC1(C2CC2)CC=C(Br)C=C1N(C)C. The number of rotatable bonds is 3. The minimum Gasteiger partial charge on any atom is -0.380 e. The molecule has 2 rings (SSSR count). The van der Waals surface area contributed by atoms with Crippen LogP contribution in [0.15, 0.2) is 22.3 Å². The van der Waals surface area contributed by atoms with E-state index in [-0.39, 0.29) is 0 Å². The van der Waals surface area contributed by atoms with E-state index in [0.717, 1.165) is 5.92 Å². The largest absolute Gasteiger partial charge is 0.380 e. The second kappa shape index (κ2) is 3.97. The van der Waals surface area contributed by atoms with Gasteiger partial charge in [-0.05, 0) is 37.7 Å². The number of allylic oxidation sites excluding steroid dienone is 4. The normalized spacial score (nSPS) is 30.9. The smallest absolute Gasteiger partial charge is 0.0207 e. The van der Waals surface area contributed by atoms with E-state index in [1.165, 1.54) is 35.9 Å². The van der Waals surface area contributed by atoms with Crippen molar-refractivity contribution in [1.82, 2.24) is 4.90 Å². The highest BCUT2D eigenvalue weighted by molar-refractivity contribution is 9.11. The van der Waals surface area contributed by atoms with Crippen LogP contribution in [-0.4, -0.2) is 19.0 Å². The molecule has 2 heteroatoms. The molecule has 0 aromatic rings. The predicted octanol–water partition coefficient (Wildman–Crippen LogP) is 3.92. The summed E-state index contributed by atoms with van der Waals surface area (Å²) in [5.74, 6) is 0.924. The molecule has 2 aliphatic carbocycles. The monoisotopic (exact) mass is 269 g/mol. The van der Waals surface area contributed by atoms with E-state index in [4.69, 9.17) is 0 Å². The molecule has 2 aliphatic rings. The predicted molar refractivity (Wildman–Crippen MR) is 68.8 cm³/mol. The van der Waals surface area contributed by atoms with Crippen LogP contribution in [0.1, 0.15) is 32.6 Å². The highest BCUT2D eigenvalue weighted by atomic mass is 79.9. The molecule has 0 aliphatic heterocycles. The van der Waals surface area contributed by atoms with E-state index < -0.39 is 0 Å². The van der Waals surface area contributed by atoms with Crippen molar-refractivity contribution < 1.29 is 0 Å². The maximum absolute atomic E-state index is 3.61. The van der Waals surface area contributed by atoms with Crippen LogP contribution in [0, 0.1) is 11.3 Å². The lowest BCUT2D eigenvalue weighted by atomic mass is 9.71. The molecule has 0 saturated heterocycles. The number of halogens is 1. The summed E-state index contributed by atoms with van der Waals surface area (Å²) in [6, 6.07) is 0. The fraction of sp³-hybridized carbons (Fsp3) is 0.692. The maximum atomic E-state index is 3.61. The lowest BCUT2D eigenvalue weighted by Gasteiger charge is -2.40. The molecule has 84 valence electrons. The maximum Gasteiger partial charge on any atom is 0.0207 e. The molecule has 15 heavy (non-hydrogen) atoms. The van der Waals surface area contributed by atoms with Crippen LogP contribution in [0.4, 0.5) is 0 Å². The minimum absolute atomic E-state index is 0.431. The lowest BCUT2D eigenvalue weighted by Crippen LogP contribution is -2.34. The Labute approximate surface area is 101 Å². The van der Waals surface area contributed by atoms with Gasteiger partial charge in [0.2, 0.25) is 0 Å². The van der Waals surface area contributed by atoms with Gasteiger partial charge in [-0.2, -0.15) is 0 Å². The number of hydrogen-bond acceptors (Lipinski definition) is 1. The molecule has 1 nitrogen and oxygen atoms in total. The van der Waals surface area contributed by atoms with Gasteiger partial charge >= 0.3 is 0 Å². The quantitative estimate of drug-likeness (QED) is 0.751. The van der Waals surface area contributed by atoms with Gasteiger partial charge in [-0.15, -0.1) is 0 Å². The topological polar surface area (TPSA) is 3.24 Å². The zero-order valence-electron chi connectivity index (χ0n) is 9.89. The van der Waals surface area contributed by atoms with Crippen LogP contribution in [0.25, 0.3) is 0 Å². The van der Waals surface area contributed by atoms with Gasteiger partial charge in [-0.1, -0.05) is 28.9 Å². The highest BCUT2D eigenvalue weighted by Crippen LogP contribution is 2.56. The molecule has 0 amide bonds. The molecular weight excluding hydrogens is 250 g/mol. The van der Waals surface area contributed by atoms with E-state index in [0.29, 0.717) is 5.41 Å². The van der Waals surface area contributed by atoms with Gasteiger partial charge in [0, 0.05) is 29.7 Å². The summed E-state index contributed by atoms with van der Waals surface area (Å²) < 4.78 is 1.25. The Bertz CT molecular complexity index is 312. The third-order valence-corrected chi connectivity index (χ3v) is 4.47. The molecule has 1 unspecified atom stereocenters. The first kappa shape index (κ1) is 11.3. The summed E-state index contributed by atoms with van der Waals surface area (Å²) in [7, 11) is 4.34. The second-order valence-corrected chi connectivity index (χ2v) is 5.92. The highest BCUT2D eigenvalue weighted by Gasteiger charge is 2.47. The van der Waals surface area contributed by atoms with Crippen molar-refractivity contribution in [2.75, 3.05) is 14.1 Å². The molecule has 0 N–H and O–H groups in total. The summed E-state index contributed by atoms with van der Waals surface area (Å²) in [5.41, 5.74) is 1.95. The Balaban J connectivity index is 2.35. The first-order valence-electron chi connectivity index (χ1n) is 5.85. The Hall–Kier alpha value is -0.240. The molecule has 0 spiro atoms. The van der Waals surface area contributed by atoms with E-state index >= 15 is 0 Å². The van der Waals surface area contributed by atoms with Gasteiger partial charge in [-0.25, -0.2) is 0 Å². The van der Waals surface area contributed by atoms with Gasteiger partial charge in [-0.3, -0.25) is 0 Å². The Morgan fingerprint density at radius 3 is 2.60 bits per heavy atom. The zero-order chi connectivity index (χ0) is 11.1. The van der Waals surface area contributed by atoms with Crippen LogP contribution >= 0.6 is 15.9 Å². The fourth-order valence-corrected chi connectivity index (χ4v) is 3.30. The van der Waals surface area contributed by atoms with Crippen LogP contribution in [0.5, 0.6) is 0 Å². The average Bonchev–Trinajstić information content (AvgIpc) is 3.02. The Kier molecular flexibility index (Phi) is 2.98. The standard InChI is InChI=1S/C13H20BrN/c1-4-13(10-5-6-10)8-7-11(14)9-12(13)15(2)3/h7,9-10H,4-6,8H2,1-3H3. The Morgan fingerprint density at radius 1 is 1.47 bits per heavy atom. The van der Waals surface area contributed by atoms with Crippen LogP contribution in [0.2, 0.25) is 0 Å². The summed E-state index contributed by atoms with van der Waals surface area (Å²) in [4.78, 5) is 2.30. The van der Waals surface area contributed by atoms with Gasteiger partial charge in [0.1, 0.15) is 0 Å². The van der Waals surface area contributed by atoms with Crippen molar-refractivity contribution in [2.24, 2.45) is 11.3 Å². The van der Waals surface area contributed by atoms with Gasteiger partial charge < -0.3 is 4.90 Å². The number of nitrogens with zero attached hydrogens (tertiary/aromatic N) is 1. The number of hydrogen-bond donors (Lipinski definition) is 0. The summed E-state index contributed by atoms with van der Waals surface area (Å²) in [5, 5.41) is 0. The van der Waals surface area contributed by atoms with Crippen LogP contribution in [0.3, 0.4) is 0 Å². The minimum atomic E-state index is 0.431. The second-order valence-electron chi connectivity index (χ2n) is 5.00. The molecule has 0 radical (unpaired) electrons. The van der Waals surface area contributed by atoms with E-state index in [9.17, 15) is 0 Å². The fourth-order valence-electron chi connectivity index (χ4n) is 2.92. The van der Waals surface area contributed by atoms with E-state index in [2.05, 4.69) is 54.0 Å². The van der Waals surface area contributed by atoms with Crippen molar-refractivity contribution in [3.05, 3.63) is 22.3 Å². The third kappa shape index (κ3) is 1.89. The van der Waals surface area contributed by atoms with Crippen LogP contribution < -0.4 is 0 Å². The molecular formula is C13H20BrN. The van der Waals surface area contributed by atoms with Crippen molar-refractivity contribution in [1.29, 1.82) is 0 Å². The summed E-state index contributed by atoms with van der Waals surface area (Å²) >= 11 is 3.61. The van der Waals surface area contributed by atoms with Crippen LogP contribution in [-0.2, 0) is 0 Å². The van der Waals surface area contributed by atoms with Gasteiger partial charge in [0.25, 0.3) is 0 Å². The van der Waals surface area contributed by atoms with Crippen molar-refractivity contribution in [2.45, 2.75) is 32.6 Å². The first-order chi connectivity index (χ1) is 7.10. The average molecular weight is 270 g/mol. The molecule has 1 saturated carbocycles. The molecule has 1 fully saturated rings. The first-order valence-corrected chi connectivity index (χ1v) is 6.64. The van der Waals surface area contributed by atoms with Crippen molar-refractivity contribution in [3.63, 3.8) is 0 Å². The molecule has 1 atom stereocenters. The van der Waals surface area contributed by atoms with E-state index in [1.54, 1.807) is 0 Å². The molecule has 0 bridgehead atoms. The third-order valence-electron chi connectivity index (χ3n) is 3.92. The van der Waals surface area contributed by atoms with E-state index in [1.807, 2.05) is 0 Å². The lowest BCUT2D eigenvalue weighted by molar-refractivity contribution is 0.224. The summed E-state index contributed by atoms with van der Waals surface area (Å²) in [6.45, 7) is 2.34. The van der Waals surface area contributed by atoms with Gasteiger partial charge in [0.15, 0.2) is 0 Å². The van der Waals surface area contributed by atoms with Crippen molar-refractivity contribution >= 4 is 15.9 Å².